The number of benzene rings is 1. The Hall–Kier alpha value is -0.750. The Balaban J connectivity index is 2.01. The van der Waals surface area contributed by atoms with Crippen LogP contribution in [0.2, 0.25) is 10.0 Å². The minimum atomic E-state index is 0.0102. The molecule has 1 heterocycles. The minimum absolute atomic E-state index is 0.0102. The molecule has 20 heavy (non-hydrogen) atoms. The van der Waals surface area contributed by atoms with Crippen LogP contribution in [0.5, 0.6) is 0 Å². The summed E-state index contributed by atoms with van der Waals surface area (Å²) in [6.07, 6.45) is 0. The average molecular weight is 333 g/mol. The third-order valence-corrected chi connectivity index (χ3v) is 4.36. The second-order valence-corrected chi connectivity index (χ2v) is 6.55. The molecule has 0 radical (unpaired) electrons. The molecule has 7 heteroatoms. The van der Waals surface area contributed by atoms with Crippen molar-refractivity contribution in [1.82, 2.24) is 10.2 Å². The lowest BCUT2D eigenvalue weighted by atomic mass is 10.1. The van der Waals surface area contributed by atoms with Gasteiger partial charge in [0.1, 0.15) is 0 Å². The maximum Gasteiger partial charge on any atom is 0.277 e. The van der Waals surface area contributed by atoms with Gasteiger partial charge in [-0.05, 0) is 17.7 Å². The van der Waals surface area contributed by atoms with Crippen LogP contribution in [0.4, 0.5) is 0 Å². The van der Waals surface area contributed by atoms with Crippen LogP contribution in [0.15, 0.2) is 27.8 Å². The van der Waals surface area contributed by atoms with Crippen molar-refractivity contribution in [3.63, 3.8) is 0 Å². The molecule has 2 rings (SSSR count). The molecule has 0 bridgehead atoms. The van der Waals surface area contributed by atoms with E-state index in [1.807, 2.05) is 12.1 Å². The van der Waals surface area contributed by atoms with E-state index in [9.17, 15) is 0 Å². The van der Waals surface area contributed by atoms with E-state index in [4.69, 9.17) is 27.6 Å². The van der Waals surface area contributed by atoms with Gasteiger partial charge in [0.25, 0.3) is 11.1 Å². The van der Waals surface area contributed by atoms with Crippen molar-refractivity contribution in [2.45, 2.75) is 30.9 Å². The molecule has 4 nitrogen and oxygen atoms in total. The normalized spacial score (nSPS) is 12.9. The highest BCUT2D eigenvalue weighted by atomic mass is 35.5. The van der Waals surface area contributed by atoms with E-state index in [2.05, 4.69) is 29.8 Å². The molecule has 0 amide bonds. The van der Waals surface area contributed by atoms with Crippen molar-refractivity contribution < 1.29 is 10.2 Å². The number of hydrogen-bond acceptors (Lipinski definition) is 4. The first-order valence-corrected chi connectivity index (χ1v) is 7.94. The summed E-state index contributed by atoms with van der Waals surface area (Å²) < 4.78 is 5.60. The van der Waals surface area contributed by atoms with Crippen LogP contribution in [-0.2, 0) is 5.75 Å². The fourth-order valence-electron chi connectivity index (χ4n) is 1.49. The SMILES string of the molecule is CC(C)C([NH3+])c1nnc(SCc2ccc(Cl)cc2Cl)o1. The lowest BCUT2D eigenvalue weighted by Crippen LogP contribution is -2.56. The summed E-state index contributed by atoms with van der Waals surface area (Å²) in [5.74, 6) is 1.59. The fourth-order valence-corrected chi connectivity index (χ4v) is 2.82. The van der Waals surface area contributed by atoms with Crippen LogP contribution in [0.1, 0.15) is 31.3 Å². The van der Waals surface area contributed by atoms with Gasteiger partial charge in [0.15, 0.2) is 6.04 Å². The second-order valence-electron chi connectivity index (χ2n) is 4.78. The van der Waals surface area contributed by atoms with Crippen molar-refractivity contribution in [3.05, 3.63) is 39.7 Å². The lowest BCUT2D eigenvalue weighted by Gasteiger charge is -2.06. The summed E-state index contributed by atoms with van der Waals surface area (Å²) in [5, 5.41) is 9.85. The third-order valence-electron chi connectivity index (χ3n) is 2.91. The quantitative estimate of drug-likeness (QED) is 0.849. The summed E-state index contributed by atoms with van der Waals surface area (Å²) in [6.45, 7) is 4.14. The highest BCUT2D eigenvalue weighted by Crippen LogP contribution is 2.28. The largest absolute Gasteiger partial charge is 0.410 e. The third kappa shape index (κ3) is 3.88. The zero-order valence-electron chi connectivity index (χ0n) is 11.3. The van der Waals surface area contributed by atoms with E-state index in [1.54, 1.807) is 6.07 Å². The molecule has 0 aliphatic carbocycles. The van der Waals surface area contributed by atoms with Crippen molar-refractivity contribution in [2.24, 2.45) is 5.92 Å². The van der Waals surface area contributed by atoms with E-state index in [0.717, 1.165) is 5.56 Å². The number of hydrogen-bond donors (Lipinski definition) is 1. The first-order valence-electron chi connectivity index (χ1n) is 6.20. The molecule has 1 atom stereocenters. The first-order chi connectivity index (χ1) is 9.47. The van der Waals surface area contributed by atoms with Gasteiger partial charge in [0, 0.05) is 21.7 Å². The van der Waals surface area contributed by atoms with Crippen LogP contribution in [-0.4, -0.2) is 10.2 Å². The number of thioether (sulfide) groups is 1. The predicted molar refractivity (Wildman–Crippen MR) is 80.8 cm³/mol. The summed E-state index contributed by atoms with van der Waals surface area (Å²) in [4.78, 5) is 0. The Kier molecular flexibility index (Phi) is 5.32. The molecule has 1 aromatic carbocycles. The van der Waals surface area contributed by atoms with E-state index in [0.29, 0.717) is 32.8 Å². The van der Waals surface area contributed by atoms with Gasteiger partial charge in [0.2, 0.25) is 0 Å². The molecule has 3 N–H and O–H groups in total. The van der Waals surface area contributed by atoms with E-state index in [1.165, 1.54) is 11.8 Å². The first kappa shape index (κ1) is 15.6. The van der Waals surface area contributed by atoms with Crippen molar-refractivity contribution in [1.29, 1.82) is 0 Å². The lowest BCUT2D eigenvalue weighted by molar-refractivity contribution is -0.443. The predicted octanol–water partition coefficient (Wildman–Crippen LogP) is 3.61. The Bertz CT molecular complexity index is 589. The van der Waals surface area contributed by atoms with Crippen molar-refractivity contribution >= 4 is 35.0 Å². The van der Waals surface area contributed by atoms with E-state index >= 15 is 0 Å². The number of halogens is 2. The number of rotatable bonds is 5. The fraction of sp³-hybridized carbons (Fsp3) is 0.385. The molecular weight excluding hydrogens is 317 g/mol. The Morgan fingerprint density at radius 3 is 2.70 bits per heavy atom. The minimum Gasteiger partial charge on any atom is -0.410 e. The van der Waals surface area contributed by atoms with Gasteiger partial charge >= 0.3 is 0 Å². The molecule has 0 saturated heterocycles. The van der Waals surface area contributed by atoms with Gasteiger partial charge < -0.3 is 10.2 Å². The van der Waals surface area contributed by atoms with Crippen molar-refractivity contribution in [2.75, 3.05) is 0 Å². The molecule has 2 aromatic rings. The monoisotopic (exact) mass is 332 g/mol. The molecule has 108 valence electrons. The van der Waals surface area contributed by atoms with Crippen LogP contribution < -0.4 is 5.73 Å². The highest BCUT2D eigenvalue weighted by Gasteiger charge is 2.21. The van der Waals surface area contributed by atoms with Gasteiger partial charge in [-0.2, -0.15) is 0 Å². The molecule has 0 aliphatic heterocycles. The number of quaternary nitrogens is 1. The Morgan fingerprint density at radius 2 is 2.05 bits per heavy atom. The van der Waals surface area contributed by atoms with Crippen LogP contribution in [0.3, 0.4) is 0 Å². The molecule has 0 aliphatic rings. The topological polar surface area (TPSA) is 66.6 Å². The molecule has 0 spiro atoms. The van der Waals surface area contributed by atoms with Gasteiger partial charge in [-0.1, -0.05) is 54.9 Å². The van der Waals surface area contributed by atoms with Gasteiger partial charge in [-0.3, -0.25) is 0 Å². The summed E-state index contributed by atoms with van der Waals surface area (Å²) in [6, 6.07) is 5.44. The standard InChI is InChI=1S/C13H15Cl2N3OS/c1-7(2)11(16)12-17-18-13(19-12)20-6-8-3-4-9(14)5-10(8)15/h3-5,7,11H,6,16H2,1-2H3/p+1. The van der Waals surface area contributed by atoms with Gasteiger partial charge in [-0.15, -0.1) is 10.2 Å². The summed E-state index contributed by atoms with van der Waals surface area (Å²) >= 11 is 13.4. The van der Waals surface area contributed by atoms with Crippen LogP contribution in [0, 0.1) is 5.92 Å². The van der Waals surface area contributed by atoms with E-state index < -0.39 is 0 Å². The molecule has 1 unspecified atom stereocenters. The summed E-state index contributed by atoms with van der Waals surface area (Å²) in [5.41, 5.74) is 5.00. The molecular formula is C13H16Cl2N3OS+. The zero-order chi connectivity index (χ0) is 14.7. The molecule has 0 saturated carbocycles. The highest BCUT2D eigenvalue weighted by molar-refractivity contribution is 7.98. The maximum atomic E-state index is 6.12. The second kappa shape index (κ2) is 6.80. The van der Waals surface area contributed by atoms with Crippen molar-refractivity contribution in [3.8, 4) is 0 Å². The average Bonchev–Trinajstić information content (AvgIpc) is 2.85. The maximum absolute atomic E-state index is 6.12. The number of aromatic nitrogens is 2. The van der Waals surface area contributed by atoms with E-state index in [-0.39, 0.29) is 6.04 Å². The molecule has 0 fully saturated rings. The zero-order valence-corrected chi connectivity index (χ0v) is 13.6. The Morgan fingerprint density at radius 1 is 1.30 bits per heavy atom. The Labute approximate surface area is 132 Å². The van der Waals surface area contributed by atoms with Gasteiger partial charge in [0.05, 0.1) is 0 Å². The van der Waals surface area contributed by atoms with Crippen LogP contribution in [0.25, 0.3) is 0 Å². The van der Waals surface area contributed by atoms with Crippen LogP contribution >= 0.6 is 35.0 Å². The smallest absolute Gasteiger partial charge is 0.277 e. The van der Waals surface area contributed by atoms with Gasteiger partial charge in [-0.25, -0.2) is 0 Å². The number of nitrogens with zero attached hydrogens (tertiary/aromatic N) is 2. The summed E-state index contributed by atoms with van der Waals surface area (Å²) in [7, 11) is 0. The molecule has 1 aromatic heterocycles.